The van der Waals surface area contributed by atoms with Crippen LogP contribution < -0.4 is 5.73 Å². The first-order chi connectivity index (χ1) is 9.16. The molecule has 2 nitrogen and oxygen atoms in total. The number of nitrogens with two attached hydrogens (primary N) is 1. The summed E-state index contributed by atoms with van der Waals surface area (Å²) in [5.41, 5.74) is 7.56. The molecule has 2 bridgehead atoms. The third kappa shape index (κ3) is 2.06. The van der Waals surface area contributed by atoms with E-state index in [1.807, 2.05) is 0 Å². The molecule has 3 saturated carbocycles. The van der Waals surface area contributed by atoms with E-state index in [1.54, 1.807) is 0 Å². The maximum Gasteiger partial charge on any atom is 0.0735 e. The summed E-state index contributed by atoms with van der Waals surface area (Å²) in [6, 6.07) is 0.244. The number of ether oxygens (including phenoxy) is 1. The molecular weight excluding hydrogens is 246 g/mol. The van der Waals surface area contributed by atoms with Gasteiger partial charge in [0, 0.05) is 6.04 Å². The Morgan fingerprint density at radius 3 is 2.25 bits per heavy atom. The zero-order valence-electron chi connectivity index (χ0n) is 14.0. The molecule has 3 aliphatic rings. The van der Waals surface area contributed by atoms with E-state index in [4.69, 9.17) is 10.5 Å². The van der Waals surface area contributed by atoms with Crippen LogP contribution in [0.5, 0.6) is 0 Å². The van der Waals surface area contributed by atoms with Gasteiger partial charge in [-0.2, -0.15) is 0 Å². The van der Waals surface area contributed by atoms with Crippen molar-refractivity contribution in [3.63, 3.8) is 0 Å². The second-order valence-corrected chi connectivity index (χ2v) is 9.34. The van der Waals surface area contributed by atoms with Gasteiger partial charge in [0.15, 0.2) is 0 Å². The predicted molar refractivity (Wildman–Crippen MR) is 83.5 cm³/mol. The summed E-state index contributed by atoms with van der Waals surface area (Å²) in [6.45, 7) is 12.1. The van der Waals surface area contributed by atoms with Crippen molar-refractivity contribution >= 4 is 0 Å². The summed E-state index contributed by atoms with van der Waals surface area (Å²) < 4.78 is 6.65. The molecule has 0 spiro atoms. The predicted octanol–water partition coefficient (Wildman–Crippen LogP) is 4.12. The zero-order chi connectivity index (χ0) is 14.8. The maximum atomic E-state index is 6.65. The van der Waals surface area contributed by atoms with Crippen molar-refractivity contribution in [2.75, 3.05) is 0 Å². The standard InChI is InChI=1S/C18H33NO/c1-16(2)8-7-13(19)14(11-16)20-15-10-12-6-9-18(15,5)17(12,3)4/h12-15H,6-11,19H2,1-5H3. The van der Waals surface area contributed by atoms with E-state index in [0.29, 0.717) is 22.3 Å². The minimum atomic E-state index is 0.244. The Balaban J connectivity index is 1.73. The van der Waals surface area contributed by atoms with E-state index in [2.05, 4.69) is 34.6 Å². The minimum absolute atomic E-state index is 0.244. The lowest BCUT2D eigenvalue weighted by Gasteiger charge is -2.44. The van der Waals surface area contributed by atoms with E-state index in [9.17, 15) is 0 Å². The number of hydrogen-bond acceptors (Lipinski definition) is 2. The molecule has 0 heterocycles. The largest absolute Gasteiger partial charge is 0.373 e. The van der Waals surface area contributed by atoms with Crippen LogP contribution in [0.3, 0.4) is 0 Å². The van der Waals surface area contributed by atoms with Gasteiger partial charge in [-0.05, 0) is 60.7 Å². The van der Waals surface area contributed by atoms with Gasteiger partial charge in [0.1, 0.15) is 0 Å². The van der Waals surface area contributed by atoms with Crippen LogP contribution in [0.4, 0.5) is 0 Å². The van der Waals surface area contributed by atoms with Crippen molar-refractivity contribution in [2.45, 2.75) is 91.4 Å². The van der Waals surface area contributed by atoms with E-state index >= 15 is 0 Å². The van der Waals surface area contributed by atoms with Gasteiger partial charge >= 0.3 is 0 Å². The molecule has 0 radical (unpaired) electrons. The van der Waals surface area contributed by atoms with Gasteiger partial charge < -0.3 is 10.5 Å². The van der Waals surface area contributed by atoms with Crippen LogP contribution >= 0.6 is 0 Å². The van der Waals surface area contributed by atoms with Gasteiger partial charge in [-0.15, -0.1) is 0 Å². The fourth-order valence-corrected chi connectivity index (χ4v) is 5.24. The SMILES string of the molecule is CC1(C)CCC(N)C(OC2CC3CCC2(C)C3(C)C)C1. The van der Waals surface area contributed by atoms with Crippen molar-refractivity contribution in [3.05, 3.63) is 0 Å². The topological polar surface area (TPSA) is 35.2 Å². The second kappa shape index (κ2) is 4.46. The summed E-state index contributed by atoms with van der Waals surface area (Å²) in [5.74, 6) is 0.852. The molecule has 0 amide bonds. The van der Waals surface area contributed by atoms with Crippen LogP contribution in [0.2, 0.25) is 0 Å². The first-order valence-corrected chi connectivity index (χ1v) is 8.57. The molecule has 0 aromatic rings. The van der Waals surface area contributed by atoms with Gasteiger partial charge in [0.05, 0.1) is 12.2 Å². The first-order valence-electron chi connectivity index (χ1n) is 8.57. The molecule has 2 N–H and O–H groups in total. The molecule has 5 unspecified atom stereocenters. The smallest absolute Gasteiger partial charge is 0.0735 e. The highest BCUT2D eigenvalue weighted by atomic mass is 16.5. The molecule has 2 heteroatoms. The Bertz CT molecular complexity index is 389. The summed E-state index contributed by atoms with van der Waals surface area (Å²) in [5, 5.41) is 0. The maximum absolute atomic E-state index is 6.65. The van der Waals surface area contributed by atoms with Crippen molar-refractivity contribution < 1.29 is 4.74 Å². The Kier molecular flexibility index (Phi) is 3.31. The fourth-order valence-electron chi connectivity index (χ4n) is 5.24. The molecule has 0 saturated heterocycles. The highest BCUT2D eigenvalue weighted by molar-refractivity contribution is 5.11. The van der Waals surface area contributed by atoms with Crippen LogP contribution in [-0.2, 0) is 4.74 Å². The molecular formula is C18H33NO. The Labute approximate surface area is 124 Å². The third-order valence-corrected chi connectivity index (χ3v) is 7.44. The molecule has 3 aliphatic carbocycles. The van der Waals surface area contributed by atoms with Crippen LogP contribution in [0.1, 0.15) is 73.1 Å². The Hall–Kier alpha value is -0.0800. The van der Waals surface area contributed by atoms with Crippen molar-refractivity contribution in [2.24, 2.45) is 27.9 Å². The second-order valence-electron chi connectivity index (χ2n) is 9.34. The highest BCUT2D eigenvalue weighted by Gasteiger charge is 2.62. The molecule has 116 valence electrons. The molecule has 0 aromatic carbocycles. The molecule has 20 heavy (non-hydrogen) atoms. The summed E-state index contributed by atoms with van der Waals surface area (Å²) >= 11 is 0. The van der Waals surface area contributed by atoms with E-state index in [0.717, 1.165) is 18.8 Å². The molecule has 5 atom stereocenters. The van der Waals surface area contributed by atoms with Gasteiger partial charge in [0.25, 0.3) is 0 Å². The van der Waals surface area contributed by atoms with Crippen LogP contribution in [0.25, 0.3) is 0 Å². The Morgan fingerprint density at radius 2 is 1.70 bits per heavy atom. The van der Waals surface area contributed by atoms with Gasteiger partial charge in [-0.3, -0.25) is 0 Å². The average Bonchev–Trinajstić information content (AvgIpc) is 2.67. The number of rotatable bonds is 2. The van der Waals surface area contributed by atoms with Crippen LogP contribution in [-0.4, -0.2) is 18.2 Å². The normalized spacial score (nSPS) is 49.5. The third-order valence-electron chi connectivity index (χ3n) is 7.44. The molecule has 3 fully saturated rings. The lowest BCUT2D eigenvalue weighted by atomic mass is 9.69. The van der Waals surface area contributed by atoms with Crippen molar-refractivity contribution in [3.8, 4) is 0 Å². The van der Waals surface area contributed by atoms with Gasteiger partial charge in [-0.25, -0.2) is 0 Å². The van der Waals surface area contributed by atoms with Crippen molar-refractivity contribution in [1.29, 1.82) is 0 Å². The summed E-state index contributed by atoms with van der Waals surface area (Å²) in [7, 11) is 0. The molecule has 0 aromatic heterocycles. The minimum Gasteiger partial charge on any atom is -0.373 e. The average molecular weight is 279 g/mol. The zero-order valence-corrected chi connectivity index (χ0v) is 14.0. The quantitative estimate of drug-likeness (QED) is 0.825. The lowest BCUT2D eigenvalue weighted by Crippen LogP contribution is -2.48. The summed E-state index contributed by atoms with van der Waals surface area (Å²) in [6.07, 6.45) is 8.18. The number of hydrogen-bond donors (Lipinski definition) is 1. The highest BCUT2D eigenvalue weighted by Crippen LogP contribution is 2.66. The first kappa shape index (κ1) is 14.8. The van der Waals surface area contributed by atoms with Gasteiger partial charge in [-0.1, -0.05) is 34.6 Å². The summed E-state index contributed by atoms with van der Waals surface area (Å²) in [4.78, 5) is 0. The van der Waals surface area contributed by atoms with Gasteiger partial charge in [0.2, 0.25) is 0 Å². The van der Waals surface area contributed by atoms with E-state index in [-0.39, 0.29) is 12.1 Å². The lowest BCUT2D eigenvalue weighted by molar-refractivity contribution is -0.116. The fraction of sp³-hybridized carbons (Fsp3) is 1.00. The molecule has 3 rings (SSSR count). The van der Waals surface area contributed by atoms with Crippen LogP contribution in [0, 0.1) is 22.2 Å². The van der Waals surface area contributed by atoms with Crippen LogP contribution in [0.15, 0.2) is 0 Å². The molecule has 0 aliphatic heterocycles. The number of fused-ring (bicyclic) bond motifs is 2. The Morgan fingerprint density at radius 1 is 1.00 bits per heavy atom. The van der Waals surface area contributed by atoms with Crippen molar-refractivity contribution in [1.82, 2.24) is 0 Å². The van der Waals surface area contributed by atoms with E-state index < -0.39 is 0 Å². The van der Waals surface area contributed by atoms with E-state index in [1.165, 1.54) is 25.7 Å². The monoisotopic (exact) mass is 279 g/mol.